The lowest BCUT2D eigenvalue weighted by molar-refractivity contribution is -0.133. The van der Waals surface area contributed by atoms with Gasteiger partial charge in [-0.05, 0) is 55.6 Å². The molecule has 1 atom stereocenters. The summed E-state index contributed by atoms with van der Waals surface area (Å²) in [6.07, 6.45) is 0.666. The zero-order valence-electron chi connectivity index (χ0n) is 15.3. The van der Waals surface area contributed by atoms with E-state index in [1.165, 1.54) is 15.3 Å². The van der Waals surface area contributed by atoms with E-state index in [-0.39, 0.29) is 24.9 Å². The van der Waals surface area contributed by atoms with Crippen LogP contribution in [0.2, 0.25) is 0 Å². The summed E-state index contributed by atoms with van der Waals surface area (Å²) in [7, 11) is 0. The van der Waals surface area contributed by atoms with Gasteiger partial charge in [-0.15, -0.1) is 22.7 Å². The van der Waals surface area contributed by atoms with Crippen LogP contribution in [0.25, 0.3) is 0 Å². The Labute approximate surface area is 162 Å². The second-order valence-corrected chi connectivity index (χ2v) is 9.21. The zero-order chi connectivity index (χ0) is 18.7. The highest BCUT2D eigenvalue weighted by Crippen LogP contribution is 2.39. The molecule has 0 aliphatic carbocycles. The SMILES string of the molecule is CC(C)(C)OC(=O)NCCC(=O)N1CCc2sccc2[C@@H]1c1cccs1. The largest absolute Gasteiger partial charge is 0.444 e. The van der Waals surface area contributed by atoms with Crippen LogP contribution in [0.1, 0.15) is 48.6 Å². The third-order valence-electron chi connectivity index (χ3n) is 4.11. The highest BCUT2D eigenvalue weighted by Gasteiger charge is 2.33. The standard InChI is InChI=1S/C19H24N2O3S2/c1-19(2,3)24-18(23)20-9-6-16(22)21-10-7-14-13(8-12-26-14)17(21)15-5-4-11-25-15/h4-5,8,11-12,17H,6-7,9-10H2,1-3H3,(H,20,23)/t17-/m1/s1. The van der Waals surface area contributed by atoms with Gasteiger partial charge in [0.15, 0.2) is 0 Å². The van der Waals surface area contributed by atoms with Gasteiger partial charge in [0, 0.05) is 29.3 Å². The molecule has 26 heavy (non-hydrogen) atoms. The van der Waals surface area contributed by atoms with Crippen molar-refractivity contribution < 1.29 is 14.3 Å². The average Bonchev–Trinajstić information content (AvgIpc) is 3.23. The van der Waals surface area contributed by atoms with E-state index < -0.39 is 11.7 Å². The first-order valence-corrected chi connectivity index (χ1v) is 10.5. The molecular formula is C19H24N2O3S2. The molecule has 0 aromatic carbocycles. The Morgan fingerprint density at radius 1 is 1.27 bits per heavy atom. The maximum absolute atomic E-state index is 12.8. The van der Waals surface area contributed by atoms with Crippen LogP contribution in [0.5, 0.6) is 0 Å². The molecule has 1 aliphatic heterocycles. The fraction of sp³-hybridized carbons (Fsp3) is 0.474. The predicted octanol–water partition coefficient (Wildman–Crippen LogP) is 4.20. The molecule has 0 saturated carbocycles. The monoisotopic (exact) mass is 392 g/mol. The van der Waals surface area contributed by atoms with E-state index in [2.05, 4.69) is 22.8 Å². The number of alkyl carbamates (subject to hydrolysis) is 1. The molecule has 0 fully saturated rings. The number of thiophene rings is 2. The molecule has 0 radical (unpaired) electrons. The van der Waals surface area contributed by atoms with Gasteiger partial charge in [-0.2, -0.15) is 0 Å². The number of rotatable bonds is 4. The third-order valence-corrected chi connectivity index (χ3v) is 6.03. The van der Waals surface area contributed by atoms with Gasteiger partial charge in [0.05, 0.1) is 6.04 Å². The van der Waals surface area contributed by atoms with Crippen molar-refractivity contribution in [1.82, 2.24) is 10.2 Å². The van der Waals surface area contributed by atoms with Crippen LogP contribution in [0.15, 0.2) is 29.0 Å². The average molecular weight is 393 g/mol. The van der Waals surface area contributed by atoms with Crippen LogP contribution >= 0.6 is 22.7 Å². The number of fused-ring (bicyclic) bond motifs is 1. The smallest absolute Gasteiger partial charge is 0.407 e. The Morgan fingerprint density at radius 2 is 2.08 bits per heavy atom. The number of hydrogen-bond acceptors (Lipinski definition) is 5. The van der Waals surface area contributed by atoms with E-state index in [0.29, 0.717) is 6.54 Å². The highest BCUT2D eigenvalue weighted by molar-refractivity contribution is 7.10. The summed E-state index contributed by atoms with van der Waals surface area (Å²) in [5.74, 6) is 0.0521. The Hall–Kier alpha value is -1.86. The van der Waals surface area contributed by atoms with E-state index in [4.69, 9.17) is 4.74 Å². The quantitative estimate of drug-likeness (QED) is 0.848. The second-order valence-electron chi connectivity index (χ2n) is 7.23. The number of nitrogens with zero attached hydrogens (tertiary/aromatic N) is 1. The fourth-order valence-corrected chi connectivity index (χ4v) is 4.83. The summed E-state index contributed by atoms with van der Waals surface area (Å²) >= 11 is 3.43. The molecule has 2 aromatic rings. The summed E-state index contributed by atoms with van der Waals surface area (Å²) in [6.45, 7) is 6.43. The molecule has 7 heteroatoms. The molecule has 0 bridgehead atoms. The Morgan fingerprint density at radius 3 is 2.77 bits per heavy atom. The van der Waals surface area contributed by atoms with Gasteiger partial charge in [-0.1, -0.05) is 6.07 Å². The molecule has 1 aliphatic rings. The molecule has 5 nitrogen and oxygen atoms in total. The summed E-state index contributed by atoms with van der Waals surface area (Å²) in [5, 5.41) is 6.81. The first-order valence-electron chi connectivity index (χ1n) is 8.71. The van der Waals surface area contributed by atoms with Gasteiger partial charge in [0.1, 0.15) is 5.60 Å². The number of hydrogen-bond donors (Lipinski definition) is 1. The number of amides is 2. The molecule has 0 spiro atoms. The van der Waals surface area contributed by atoms with E-state index in [1.54, 1.807) is 22.7 Å². The van der Waals surface area contributed by atoms with Crippen LogP contribution in [0.4, 0.5) is 4.79 Å². The first kappa shape index (κ1) is 18.9. The maximum atomic E-state index is 12.8. The minimum atomic E-state index is -0.541. The molecule has 2 amide bonds. The van der Waals surface area contributed by atoms with Crippen molar-refractivity contribution in [1.29, 1.82) is 0 Å². The number of carbonyl (C=O) groups is 2. The van der Waals surface area contributed by atoms with Crippen molar-refractivity contribution >= 4 is 34.7 Å². The minimum absolute atomic E-state index is 0.0148. The molecule has 0 saturated heterocycles. The fourth-order valence-electron chi connectivity index (χ4n) is 3.07. The minimum Gasteiger partial charge on any atom is -0.444 e. The van der Waals surface area contributed by atoms with E-state index in [9.17, 15) is 9.59 Å². The molecule has 3 heterocycles. The lowest BCUT2D eigenvalue weighted by Crippen LogP contribution is -2.41. The lowest BCUT2D eigenvalue weighted by Gasteiger charge is -2.35. The molecule has 1 N–H and O–H groups in total. The van der Waals surface area contributed by atoms with Gasteiger partial charge in [-0.3, -0.25) is 4.79 Å². The van der Waals surface area contributed by atoms with Crippen molar-refractivity contribution in [3.63, 3.8) is 0 Å². The van der Waals surface area contributed by atoms with Crippen LogP contribution in [0.3, 0.4) is 0 Å². The zero-order valence-corrected chi connectivity index (χ0v) is 16.9. The number of carbonyl (C=O) groups excluding carboxylic acids is 2. The Bertz CT molecular complexity index is 762. The molecule has 0 unspecified atom stereocenters. The van der Waals surface area contributed by atoms with Crippen molar-refractivity contribution in [2.45, 2.75) is 45.3 Å². The third kappa shape index (κ3) is 4.45. The van der Waals surface area contributed by atoms with Crippen LogP contribution in [0, 0.1) is 0 Å². The van der Waals surface area contributed by atoms with Crippen molar-refractivity contribution in [2.24, 2.45) is 0 Å². The maximum Gasteiger partial charge on any atom is 0.407 e. The molecule has 2 aromatic heterocycles. The van der Waals surface area contributed by atoms with Gasteiger partial charge in [0.25, 0.3) is 0 Å². The Balaban J connectivity index is 1.64. The van der Waals surface area contributed by atoms with Gasteiger partial charge >= 0.3 is 6.09 Å². The first-order chi connectivity index (χ1) is 12.3. The summed E-state index contributed by atoms with van der Waals surface area (Å²) in [6, 6.07) is 6.22. The van der Waals surface area contributed by atoms with E-state index in [1.807, 2.05) is 37.1 Å². The van der Waals surface area contributed by atoms with Crippen molar-refractivity contribution in [2.75, 3.05) is 13.1 Å². The van der Waals surface area contributed by atoms with E-state index in [0.717, 1.165) is 6.42 Å². The summed E-state index contributed by atoms with van der Waals surface area (Å²) in [5.41, 5.74) is 0.692. The van der Waals surface area contributed by atoms with Crippen LogP contribution < -0.4 is 5.32 Å². The van der Waals surface area contributed by atoms with Gasteiger partial charge < -0.3 is 15.0 Å². The second kappa shape index (κ2) is 7.80. The lowest BCUT2D eigenvalue weighted by atomic mass is 9.98. The van der Waals surface area contributed by atoms with Crippen molar-refractivity contribution in [3.05, 3.63) is 44.3 Å². The van der Waals surface area contributed by atoms with Crippen LogP contribution in [-0.4, -0.2) is 35.6 Å². The number of nitrogens with one attached hydrogen (secondary N) is 1. The summed E-state index contributed by atoms with van der Waals surface area (Å²) in [4.78, 5) is 29.1. The topological polar surface area (TPSA) is 58.6 Å². The highest BCUT2D eigenvalue weighted by atomic mass is 32.1. The predicted molar refractivity (Wildman–Crippen MR) is 105 cm³/mol. The van der Waals surface area contributed by atoms with Crippen LogP contribution in [-0.2, 0) is 16.0 Å². The molecular weight excluding hydrogens is 368 g/mol. The van der Waals surface area contributed by atoms with Gasteiger partial charge in [-0.25, -0.2) is 4.79 Å². The van der Waals surface area contributed by atoms with Gasteiger partial charge in [0.2, 0.25) is 5.91 Å². The molecule has 3 rings (SSSR count). The van der Waals surface area contributed by atoms with Crippen molar-refractivity contribution in [3.8, 4) is 0 Å². The number of ether oxygens (including phenoxy) is 1. The molecule has 140 valence electrons. The van der Waals surface area contributed by atoms with E-state index >= 15 is 0 Å². The Kier molecular flexibility index (Phi) is 5.67. The summed E-state index contributed by atoms with van der Waals surface area (Å²) < 4.78 is 5.21. The normalized spacial score (nSPS) is 16.9.